The van der Waals surface area contributed by atoms with Crippen LogP contribution in [0.2, 0.25) is 0 Å². The maximum Gasteiger partial charge on any atom is 0.306 e. The normalized spacial score (nSPS) is 14.7. The Bertz CT molecular complexity index is 1180. The topological polar surface area (TPSA) is 85.4 Å². The number of nitrogens with zero attached hydrogens (tertiary/aromatic N) is 2. The zero-order valence-corrected chi connectivity index (χ0v) is 15.9. The molecule has 0 radical (unpaired) electrons. The molecule has 0 saturated heterocycles. The average molecular weight is 386 g/mol. The van der Waals surface area contributed by atoms with Crippen LogP contribution in [-0.4, -0.2) is 10.1 Å². The Kier molecular flexibility index (Phi) is 3.98. The predicted molar refractivity (Wildman–Crippen MR) is 107 cm³/mol. The number of rotatable bonds is 3. The lowest BCUT2D eigenvalue weighted by atomic mass is 9.83. The molecule has 1 atom stereocenters. The van der Waals surface area contributed by atoms with Gasteiger partial charge in [-0.05, 0) is 30.7 Å². The van der Waals surface area contributed by atoms with Crippen LogP contribution in [0.1, 0.15) is 33.9 Å². The Hall–Kier alpha value is -3.80. The minimum Gasteiger partial charge on any atom is -0.508 e. The van der Waals surface area contributed by atoms with Crippen LogP contribution >= 0.6 is 0 Å². The quantitative estimate of drug-likeness (QED) is 0.460. The van der Waals surface area contributed by atoms with E-state index in [-0.39, 0.29) is 11.7 Å². The molecule has 3 heterocycles. The summed E-state index contributed by atoms with van der Waals surface area (Å²) in [6.45, 7) is 2.53. The van der Waals surface area contributed by atoms with Gasteiger partial charge in [-0.1, -0.05) is 40.9 Å². The van der Waals surface area contributed by atoms with E-state index in [2.05, 4.69) is 36.2 Å². The summed E-state index contributed by atoms with van der Waals surface area (Å²) in [6, 6.07) is 17.2. The number of phenols is 1. The molecule has 29 heavy (non-hydrogen) atoms. The number of nitrogen functional groups attached to an aromatic ring is 1. The Morgan fingerprint density at radius 2 is 1.97 bits per heavy atom. The molecular formula is C23H20N3O3+. The second-order valence-electron chi connectivity index (χ2n) is 7.22. The zero-order valence-electron chi connectivity index (χ0n) is 15.9. The van der Waals surface area contributed by atoms with Gasteiger partial charge in [-0.2, -0.15) is 0 Å². The largest absolute Gasteiger partial charge is 0.508 e. The van der Waals surface area contributed by atoms with Crippen molar-refractivity contribution in [3.05, 3.63) is 95.2 Å². The number of fused-ring (bicyclic) bond motifs is 2. The van der Waals surface area contributed by atoms with E-state index in [4.69, 9.17) is 14.9 Å². The lowest BCUT2D eigenvalue weighted by Gasteiger charge is -2.27. The van der Waals surface area contributed by atoms with Crippen LogP contribution in [0.25, 0.3) is 0 Å². The van der Waals surface area contributed by atoms with Crippen molar-refractivity contribution in [2.45, 2.75) is 19.4 Å². The number of nitrogens with two attached hydrogens (primary N) is 1. The van der Waals surface area contributed by atoms with E-state index in [1.165, 1.54) is 5.56 Å². The van der Waals surface area contributed by atoms with E-state index in [1.807, 2.05) is 22.8 Å². The third-order valence-corrected chi connectivity index (χ3v) is 5.25. The second kappa shape index (κ2) is 6.67. The van der Waals surface area contributed by atoms with Crippen LogP contribution in [0.3, 0.4) is 0 Å². The first-order valence-electron chi connectivity index (χ1n) is 9.37. The molecule has 1 aliphatic rings. The molecule has 0 bridgehead atoms. The first-order chi connectivity index (χ1) is 14.1. The zero-order chi connectivity index (χ0) is 20.0. The van der Waals surface area contributed by atoms with Gasteiger partial charge < -0.3 is 20.0 Å². The molecule has 0 unspecified atom stereocenters. The Balaban J connectivity index is 1.70. The highest BCUT2D eigenvalue weighted by Gasteiger charge is 2.36. The maximum atomic E-state index is 9.93. The fraction of sp³-hybridized carbons (Fsp3) is 0.130. The summed E-state index contributed by atoms with van der Waals surface area (Å²) < 4.78 is 13.3. The number of hydrogen-bond donors (Lipinski definition) is 2. The van der Waals surface area contributed by atoms with Crippen molar-refractivity contribution in [1.29, 1.82) is 0 Å². The third kappa shape index (κ3) is 2.99. The van der Waals surface area contributed by atoms with Gasteiger partial charge in [0.2, 0.25) is 12.1 Å². The van der Waals surface area contributed by atoms with Gasteiger partial charge in [0.15, 0.2) is 0 Å². The van der Waals surface area contributed by atoms with Gasteiger partial charge in [-0.15, -0.1) is 0 Å². The number of phenolic OH excluding ortho intramolecular Hbond substituents is 1. The van der Waals surface area contributed by atoms with Crippen molar-refractivity contribution in [3.8, 4) is 17.4 Å². The lowest BCUT2D eigenvalue weighted by molar-refractivity contribution is -0.679. The van der Waals surface area contributed by atoms with E-state index in [9.17, 15) is 5.11 Å². The Morgan fingerprint density at radius 3 is 2.72 bits per heavy atom. The van der Waals surface area contributed by atoms with Gasteiger partial charge in [-0.25, -0.2) is 4.57 Å². The first-order valence-corrected chi connectivity index (χ1v) is 9.37. The predicted octanol–water partition coefficient (Wildman–Crippen LogP) is 3.89. The average Bonchev–Trinajstić information content (AvgIpc) is 3.22. The van der Waals surface area contributed by atoms with Crippen molar-refractivity contribution in [2.24, 2.45) is 0 Å². The monoisotopic (exact) mass is 386 g/mol. The highest BCUT2D eigenvalue weighted by molar-refractivity contribution is 5.62. The van der Waals surface area contributed by atoms with E-state index in [0.717, 1.165) is 22.5 Å². The highest BCUT2D eigenvalue weighted by atomic mass is 16.5. The van der Waals surface area contributed by atoms with Crippen LogP contribution in [0.15, 0.2) is 71.6 Å². The molecule has 0 fully saturated rings. The summed E-state index contributed by atoms with van der Waals surface area (Å²) in [7, 11) is 0. The van der Waals surface area contributed by atoms with Gasteiger partial charge in [0.25, 0.3) is 0 Å². The smallest absolute Gasteiger partial charge is 0.306 e. The molecule has 0 spiro atoms. The Morgan fingerprint density at radius 1 is 1.14 bits per heavy atom. The number of aryl methyl sites for hydroxylation is 1. The van der Waals surface area contributed by atoms with Gasteiger partial charge >= 0.3 is 5.88 Å². The van der Waals surface area contributed by atoms with Crippen molar-refractivity contribution >= 4 is 5.82 Å². The molecule has 6 heteroatoms. The molecule has 4 aromatic rings. The van der Waals surface area contributed by atoms with Crippen LogP contribution in [-0.2, 0) is 6.54 Å². The molecule has 2 aromatic carbocycles. The molecule has 6 nitrogen and oxygen atoms in total. The van der Waals surface area contributed by atoms with E-state index in [1.54, 1.807) is 24.7 Å². The SMILES string of the molecule is Cc1ccc([C@H]2c3ccc(O)cc3Oc3nc[n+](Cc4ccco4)c(N)c32)cc1. The van der Waals surface area contributed by atoms with Crippen molar-refractivity contribution in [1.82, 2.24) is 4.98 Å². The first kappa shape index (κ1) is 17.3. The van der Waals surface area contributed by atoms with E-state index < -0.39 is 0 Å². The lowest BCUT2D eigenvalue weighted by Crippen LogP contribution is -2.40. The van der Waals surface area contributed by atoms with Crippen LogP contribution in [0.5, 0.6) is 17.4 Å². The van der Waals surface area contributed by atoms with Crippen molar-refractivity contribution in [2.75, 3.05) is 5.73 Å². The standard InChI is InChI=1S/C23H19N3O3/c1-14-4-6-15(7-5-14)20-18-9-8-16(27)11-19(18)29-23-21(20)22(24)26(13-25-23)12-17-3-2-10-28-17/h2-11,13,20,24,27H,12H2,1H3/p+1/t20-/m0/s1. The van der Waals surface area contributed by atoms with Crippen LogP contribution in [0.4, 0.5) is 5.82 Å². The molecule has 2 aromatic heterocycles. The van der Waals surface area contributed by atoms with Gasteiger partial charge in [0.1, 0.15) is 29.4 Å². The molecule has 3 N–H and O–H groups in total. The number of benzene rings is 2. The van der Waals surface area contributed by atoms with Crippen LogP contribution in [0, 0.1) is 6.92 Å². The minimum atomic E-state index is -0.161. The maximum absolute atomic E-state index is 9.93. The molecule has 1 aliphatic heterocycles. The number of ether oxygens (including phenoxy) is 1. The van der Waals surface area contributed by atoms with Gasteiger partial charge in [-0.3, -0.25) is 0 Å². The summed E-state index contributed by atoms with van der Waals surface area (Å²) in [6.07, 6.45) is 3.29. The van der Waals surface area contributed by atoms with Gasteiger partial charge in [0, 0.05) is 11.6 Å². The number of anilines is 1. The second-order valence-corrected chi connectivity index (χ2v) is 7.22. The summed E-state index contributed by atoms with van der Waals surface area (Å²) >= 11 is 0. The number of aromatic hydroxyl groups is 1. The molecule has 144 valence electrons. The fourth-order valence-corrected chi connectivity index (χ4v) is 3.78. The molecular weight excluding hydrogens is 366 g/mol. The molecule has 5 rings (SSSR count). The van der Waals surface area contributed by atoms with Crippen molar-refractivity contribution in [3.63, 3.8) is 0 Å². The van der Waals surface area contributed by atoms with Crippen LogP contribution < -0.4 is 15.0 Å². The number of aromatic nitrogens is 2. The molecule has 0 aliphatic carbocycles. The van der Waals surface area contributed by atoms with Crippen molar-refractivity contribution < 1.29 is 18.8 Å². The summed E-state index contributed by atoms with van der Waals surface area (Å²) in [4.78, 5) is 4.52. The summed E-state index contributed by atoms with van der Waals surface area (Å²) in [5.74, 6) is 2.37. The summed E-state index contributed by atoms with van der Waals surface area (Å²) in [5, 5.41) is 9.93. The van der Waals surface area contributed by atoms with E-state index >= 15 is 0 Å². The van der Waals surface area contributed by atoms with Gasteiger partial charge in [0.05, 0.1) is 12.2 Å². The third-order valence-electron chi connectivity index (χ3n) is 5.25. The fourth-order valence-electron chi connectivity index (χ4n) is 3.78. The highest BCUT2D eigenvalue weighted by Crippen LogP contribution is 2.48. The minimum absolute atomic E-state index is 0.145. The number of hydrogen-bond acceptors (Lipinski definition) is 5. The number of furan rings is 1. The molecule has 0 saturated carbocycles. The van der Waals surface area contributed by atoms with E-state index in [0.29, 0.717) is 24.0 Å². The summed E-state index contributed by atoms with van der Waals surface area (Å²) in [5.41, 5.74) is 10.6. The Labute approximate surface area is 167 Å². The molecule has 0 amide bonds.